The maximum Gasteiger partial charge on any atom is 0.261 e. The summed E-state index contributed by atoms with van der Waals surface area (Å²) in [6.07, 6.45) is 3.77. The van der Waals surface area contributed by atoms with Gasteiger partial charge in [0.15, 0.2) is 0 Å². The monoisotopic (exact) mass is 360 g/mol. The molecule has 0 aliphatic heterocycles. The molecule has 0 spiro atoms. The summed E-state index contributed by atoms with van der Waals surface area (Å²) in [5, 5.41) is 4.67. The number of hydrogen-bond donors (Lipinski definition) is 1. The van der Waals surface area contributed by atoms with E-state index in [1.54, 1.807) is 12.1 Å². The van der Waals surface area contributed by atoms with Crippen molar-refractivity contribution >= 4 is 27.7 Å². The molecule has 0 unspecified atom stereocenters. The lowest BCUT2D eigenvalue weighted by Crippen LogP contribution is -2.29. The fraction of sp³-hybridized carbons (Fsp3) is 0.190. The topological polar surface area (TPSA) is 68.9 Å². The molecule has 6 nitrogen and oxygen atoms in total. The average Bonchev–Trinajstić information content (AvgIpc) is 3.11. The Kier molecular flexibility index (Phi) is 4.70. The molecular formula is C21H20N4O2. The summed E-state index contributed by atoms with van der Waals surface area (Å²) in [5.74, 6) is -0.0773. The molecule has 4 aromatic rings. The highest BCUT2D eigenvalue weighted by Crippen LogP contribution is 2.14. The number of benzene rings is 2. The largest absolute Gasteiger partial charge is 0.354 e. The number of nitrogens with zero attached hydrogens (tertiary/aromatic N) is 3. The molecule has 1 N–H and O–H groups in total. The fourth-order valence-corrected chi connectivity index (χ4v) is 3.23. The number of nitrogens with one attached hydrogen (secondary N) is 1. The maximum atomic E-state index is 12.4. The predicted molar refractivity (Wildman–Crippen MR) is 106 cm³/mol. The van der Waals surface area contributed by atoms with Crippen molar-refractivity contribution in [3.8, 4) is 0 Å². The SMILES string of the molecule is O=C(CCn1cnc2ccccc2c1=O)NCCn1ccc2ccccc21. The summed E-state index contributed by atoms with van der Waals surface area (Å²) in [5.41, 5.74) is 1.70. The lowest BCUT2D eigenvalue weighted by molar-refractivity contribution is -0.121. The van der Waals surface area contributed by atoms with Gasteiger partial charge in [0.2, 0.25) is 5.91 Å². The molecule has 2 heterocycles. The van der Waals surface area contributed by atoms with Crippen LogP contribution in [0.25, 0.3) is 21.8 Å². The molecule has 0 fully saturated rings. The van der Waals surface area contributed by atoms with Crippen LogP contribution in [0.3, 0.4) is 0 Å². The minimum Gasteiger partial charge on any atom is -0.354 e. The van der Waals surface area contributed by atoms with Crippen LogP contribution in [-0.4, -0.2) is 26.6 Å². The van der Waals surface area contributed by atoms with Crippen LogP contribution in [0.5, 0.6) is 0 Å². The van der Waals surface area contributed by atoms with Crippen LogP contribution < -0.4 is 10.9 Å². The first kappa shape index (κ1) is 17.0. The van der Waals surface area contributed by atoms with E-state index in [1.807, 2.05) is 30.5 Å². The second kappa shape index (κ2) is 7.45. The summed E-state index contributed by atoms with van der Waals surface area (Å²) >= 11 is 0. The van der Waals surface area contributed by atoms with E-state index in [1.165, 1.54) is 16.3 Å². The minimum absolute atomic E-state index is 0.0773. The average molecular weight is 360 g/mol. The van der Waals surface area contributed by atoms with Crippen molar-refractivity contribution in [3.63, 3.8) is 0 Å². The van der Waals surface area contributed by atoms with Crippen molar-refractivity contribution in [2.75, 3.05) is 6.54 Å². The maximum absolute atomic E-state index is 12.4. The van der Waals surface area contributed by atoms with Gasteiger partial charge in [0, 0.05) is 37.8 Å². The Morgan fingerprint density at radius 2 is 1.78 bits per heavy atom. The van der Waals surface area contributed by atoms with Gasteiger partial charge >= 0.3 is 0 Å². The number of rotatable bonds is 6. The molecule has 0 radical (unpaired) electrons. The third kappa shape index (κ3) is 3.60. The number of para-hydroxylation sites is 2. The van der Waals surface area contributed by atoms with Crippen LogP contribution in [-0.2, 0) is 17.9 Å². The standard InChI is InChI=1S/C21H20N4O2/c26-20(22-11-14-24-12-9-16-5-1-4-8-19(16)24)10-13-25-15-23-18-7-3-2-6-17(18)21(25)27/h1-9,12,15H,10-11,13-14H2,(H,22,26). The highest BCUT2D eigenvalue weighted by molar-refractivity contribution is 5.80. The number of carbonyl (C=O) groups excluding carboxylic acids is 1. The predicted octanol–water partition coefficient (Wildman–Crippen LogP) is 2.56. The van der Waals surface area contributed by atoms with E-state index in [0.717, 1.165) is 5.52 Å². The molecule has 0 saturated carbocycles. The Labute approximate surface area is 156 Å². The smallest absolute Gasteiger partial charge is 0.261 e. The van der Waals surface area contributed by atoms with Gasteiger partial charge in [0.05, 0.1) is 17.2 Å². The Hall–Kier alpha value is -3.41. The fourth-order valence-electron chi connectivity index (χ4n) is 3.23. The molecule has 4 rings (SSSR count). The van der Waals surface area contributed by atoms with Crippen LogP contribution in [0.15, 0.2) is 71.9 Å². The molecule has 0 bridgehead atoms. The molecule has 1 amide bonds. The molecule has 2 aromatic carbocycles. The molecule has 27 heavy (non-hydrogen) atoms. The zero-order valence-corrected chi connectivity index (χ0v) is 14.8. The molecule has 0 aliphatic carbocycles. The normalized spacial score (nSPS) is 11.1. The van der Waals surface area contributed by atoms with E-state index in [-0.39, 0.29) is 17.9 Å². The van der Waals surface area contributed by atoms with E-state index >= 15 is 0 Å². The van der Waals surface area contributed by atoms with Crippen molar-refractivity contribution in [1.29, 1.82) is 0 Å². The van der Waals surface area contributed by atoms with Crippen molar-refractivity contribution in [3.05, 3.63) is 77.5 Å². The second-order valence-electron chi connectivity index (χ2n) is 6.43. The highest BCUT2D eigenvalue weighted by Gasteiger charge is 2.06. The van der Waals surface area contributed by atoms with Crippen LogP contribution in [0.1, 0.15) is 6.42 Å². The summed E-state index contributed by atoms with van der Waals surface area (Å²) in [6.45, 7) is 1.56. The van der Waals surface area contributed by atoms with Crippen molar-refractivity contribution < 1.29 is 4.79 Å². The second-order valence-corrected chi connectivity index (χ2v) is 6.43. The molecule has 0 atom stereocenters. The van der Waals surface area contributed by atoms with Crippen LogP contribution >= 0.6 is 0 Å². The molecule has 6 heteroatoms. The lowest BCUT2D eigenvalue weighted by Gasteiger charge is -2.09. The van der Waals surface area contributed by atoms with Crippen molar-refractivity contribution in [2.45, 2.75) is 19.5 Å². The summed E-state index contributed by atoms with van der Waals surface area (Å²) < 4.78 is 3.61. The van der Waals surface area contributed by atoms with Gasteiger partial charge < -0.3 is 9.88 Å². The summed E-state index contributed by atoms with van der Waals surface area (Å²) in [6, 6.07) is 17.4. The summed E-state index contributed by atoms with van der Waals surface area (Å²) in [4.78, 5) is 28.8. The van der Waals surface area contributed by atoms with Gasteiger partial charge in [-0.1, -0.05) is 30.3 Å². The van der Waals surface area contributed by atoms with Gasteiger partial charge in [-0.3, -0.25) is 14.2 Å². The zero-order valence-electron chi connectivity index (χ0n) is 14.8. The first-order chi connectivity index (χ1) is 13.2. The number of carbonyl (C=O) groups is 1. The van der Waals surface area contributed by atoms with E-state index in [4.69, 9.17) is 0 Å². The third-order valence-corrected chi connectivity index (χ3v) is 4.67. The molecule has 0 aliphatic rings. The van der Waals surface area contributed by atoms with Crippen LogP contribution in [0.4, 0.5) is 0 Å². The molecule has 0 saturated heterocycles. The number of fused-ring (bicyclic) bond motifs is 2. The molecule has 136 valence electrons. The molecular weight excluding hydrogens is 340 g/mol. The van der Waals surface area contributed by atoms with Gasteiger partial charge in [-0.2, -0.15) is 0 Å². The molecule has 2 aromatic heterocycles. The Morgan fingerprint density at radius 1 is 0.963 bits per heavy atom. The van der Waals surface area contributed by atoms with Gasteiger partial charge in [-0.15, -0.1) is 0 Å². The summed E-state index contributed by atoms with van der Waals surface area (Å²) in [7, 11) is 0. The zero-order chi connectivity index (χ0) is 18.6. The minimum atomic E-state index is -0.118. The Balaban J connectivity index is 1.32. The van der Waals surface area contributed by atoms with Gasteiger partial charge in [-0.05, 0) is 29.7 Å². The number of amides is 1. The van der Waals surface area contributed by atoms with E-state index in [0.29, 0.717) is 30.5 Å². The van der Waals surface area contributed by atoms with Crippen LogP contribution in [0.2, 0.25) is 0 Å². The van der Waals surface area contributed by atoms with Crippen molar-refractivity contribution in [2.24, 2.45) is 0 Å². The number of aromatic nitrogens is 3. The number of aryl methyl sites for hydroxylation is 1. The van der Waals surface area contributed by atoms with E-state index in [2.05, 4.69) is 33.1 Å². The Morgan fingerprint density at radius 3 is 2.70 bits per heavy atom. The van der Waals surface area contributed by atoms with E-state index < -0.39 is 0 Å². The lowest BCUT2D eigenvalue weighted by atomic mass is 10.2. The van der Waals surface area contributed by atoms with Gasteiger partial charge in [-0.25, -0.2) is 4.98 Å². The third-order valence-electron chi connectivity index (χ3n) is 4.67. The first-order valence-corrected chi connectivity index (χ1v) is 8.97. The van der Waals surface area contributed by atoms with Gasteiger partial charge in [0.25, 0.3) is 5.56 Å². The Bertz CT molecular complexity index is 1160. The highest BCUT2D eigenvalue weighted by atomic mass is 16.1. The van der Waals surface area contributed by atoms with Crippen molar-refractivity contribution in [1.82, 2.24) is 19.4 Å². The van der Waals surface area contributed by atoms with E-state index in [9.17, 15) is 9.59 Å². The quantitative estimate of drug-likeness (QED) is 0.575. The van der Waals surface area contributed by atoms with Crippen LogP contribution in [0, 0.1) is 0 Å². The van der Waals surface area contributed by atoms with Gasteiger partial charge in [0.1, 0.15) is 0 Å². The number of hydrogen-bond acceptors (Lipinski definition) is 3. The first-order valence-electron chi connectivity index (χ1n) is 8.97.